The molecule has 1 heterocycles. The maximum absolute atomic E-state index is 13.5. The molecule has 2 nitrogen and oxygen atoms in total. The van der Waals surface area contributed by atoms with E-state index in [1.54, 1.807) is 12.1 Å². The van der Waals surface area contributed by atoms with Gasteiger partial charge in [-0.25, -0.2) is 4.39 Å². The van der Waals surface area contributed by atoms with Crippen LogP contribution in [0.3, 0.4) is 0 Å². The second kappa shape index (κ2) is 5.08. The molecule has 2 aromatic rings. The Bertz CT molecular complexity index is 505. The zero-order chi connectivity index (χ0) is 12.4. The fourth-order valence-corrected chi connectivity index (χ4v) is 1.92. The molecule has 1 atom stereocenters. The SMILES string of the molecule is OC(Cc1c(F)cccc1Cl)c1ccc(Cl)o1. The van der Waals surface area contributed by atoms with Crippen LogP contribution in [0.15, 0.2) is 34.7 Å². The van der Waals surface area contributed by atoms with Gasteiger partial charge in [0.25, 0.3) is 0 Å². The molecular weight excluding hydrogens is 266 g/mol. The van der Waals surface area contributed by atoms with Gasteiger partial charge in [0, 0.05) is 17.0 Å². The molecule has 0 bridgehead atoms. The quantitative estimate of drug-likeness (QED) is 0.918. The van der Waals surface area contributed by atoms with Gasteiger partial charge in [-0.3, -0.25) is 0 Å². The molecule has 0 aliphatic carbocycles. The standard InChI is InChI=1S/C12H9Cl2FO2/c13-8-2-1-3-9(15)7(8)6-10(16)11-4-5-12(14)17-11/h1-5,10,16H,6H2. The highest BCUT2D eigenvalue weighted by Crippen LogP contribution is 2.27. The van der Waals surface area contributed by atoms with Crippen molar-refractivity contribution in [3.05, 3.63) is 57.7 Å². The summed E-state index contributed by atoms with van der Waals surface area (Å²) in [5.74, 6) is -0.163. The molecule has 0 fully saturated rings. The summed E-state index contributed by atoms with van der Waals surface area (Å²) in [5, 5.41) is 10.3. The number of rotatable bonds is 3. The van der Waals surface area contributed by atoms with E-state index in [0.717, 1.165) is 0 Å². The minimum atomic E-state index is -0.975. The highest BCUT2D eigenvalue weighted by molar-refractivity contribution is 6.31. The van der Waals surface area contributed by atoms with Crippen molar-refractivity contribution in [3.8, 4) is 0 Å². The first-order chi connectivity index (χ1) is 8.08. The number of hydrogen-bond donors (Lipinski definition) is 1. The zero-order valence-corrected chi connectivity index (χ0v) is 10.2. The van der Waals surface area contributed by atoms with Gasteiger partial charge in [-0.1, -0.05) is 17.7 Å². The van der Waals surface area contributed by atoms with Crippen LogP contribution in [0.2, 0.25) is 10.2 Å². The lowest BCUT2D eigenvalue weighted by Crippen LogP contribution is -2.03. The average molecular weight is 275 g/mol. The molecule has 1 unspecified atom stereocenters. The van der Waals surface area contributed by atoms with Crippen LogP contribution in [0.25, 0.3) is 0 Å². The Balaban J connectivity index is 2.21. The molecule has 0 saturated carbocycles. The van der Waals surface area contributed by atoms with E-state index in [1.807, 2.05) is 0 Å². The van der Waals surface area contributed by atoms with Crippen molar-refractivity contribution in [3.63, 3.8) is 0 Å². The van der Waals surface area contributed by atoms with Crippen molar-refractivity contribution in [1.82, 2.24) is 0 Å². The fraction of sp³-hybridized carbons (Fsp3) is 0.167. The lowest BCUT2D eigenvalue weighted by molar-refractivity contribution is 0.149. The van der Waals surface area contributed by atoms with E-state index in [4.69, 9.17) is 27.6 Å². The Labute approximate surface area is 108 Å². The fourth-order valence-electron chi connectivity index (χ4n) is 1.53. The van der Waals surface area contributed by atoms with Crippen LogP contribution in [0, 0.1) is 5.82 Å². The molecule has 0 saturated heterocycles. The molecule has 2 rings (SSSR count). The number of halogens is 3. The molecule has 0 spiro atoms. The predicted octanol–water partition coefficient (Wildman–Crippen LogP) is 4.00. The Morgan fingerprint density at radius 1 is 1.24 bits per heavy atom. The van der Waals surface area contributed by atoms with Gasteiger partial charge in [0.15, 0.2) is 5.22 Å². The molecular formula is C12H9Cl2FO2. The number of furan rings is 1. The lowest BCUT2D eigenvalue weighted by atomic mass is 10.1. The molecule has 17 heavy (non-hydrogen) atoms. The molecule has 0 amide bonds. The first kappa shape index (κ1) is 12.4. The third-order valence-corrected chi connectivity index (χ3v) is 2.94. The van der Waals surface area contributed by atoms with Gasteiger partial charge in [0.1, 0.15) is 17.7 Å². The Kier molecular flexibility index (Phi) is 3.72. The van der Waals surface area contributed by atoms with E-state index < -0.39 is 11.9 Å². The van der Waals surface area contributed by atoms with Crippen LogP contribution in [0.5, 0.6) is 0 Å². The second-order valence-corrected chi connectivity index (χ2v) is 4.34. The largest absolute Gasteiger partial charge is 0.447 e. The molecule has 1 aromatic carbocycles. The third-order valence-electron chi connectivity index (χ3n) is 2.38. The number of hydrogen-bond acceptors (Lipinski definition) is 2. The maximum atomic E-state index is 13.5. The van der Waals surface area contributed by atoms with E-state index in [1.165, 1.54) is 18.2 Å². The van der Waals surface area contributed by atoms with Crippen molar-refractivity contribution < 1.29 is 13.9 Å². The summed E-state index contributed by atoms with van der Waals surface area (Å²) in [5.41, 5.74) is 0.259. The predicted molar refractivity (Wildman–Crippen MR) is 63.8 cm³/mol. The monoisotopic (exact) mass is 274 g/mol. The normalized spacial score (nSPS) is 12.7. The lowest BCUT2D eigenvalue weighted by Gasteiger charge is -2.10. The van der Waals surface area contributed by atoms with Gasteiger partial charge < -0.3 is 9.52 Å². The van der Waals surface area contributed by atoms with Gasteiger partial charge in [0.2, 0.25) is 0 Å². The van der Waals surface area contributed by atoms with Crippen LogP contribution in [-0.2, 0) is 6.42 Å². The molecule has 0 aliphatic heterocycles. The summed E-state index contributed by atoms with van der Waals surface area (Å²) in [6, 6.07) is 7.44. The summed E-state index contributed by atoms with van der Waals surface area (Å²) < 4.78 is 18.5. The highest BCUT2D eigenvalue weighted by atomic mass is 35.5. The summed E-state index contributed by atoms with van der Waals surface area (Å²) in [7, 11) is 0. The highest BCUT2D eigenvalue weighted by Gasteiger charge is 2.17. The second-order valence-electron chi connectivity index (χ2n) is 3.56. The Hall–Kier alpha value is -1.03. The summed E-state index contributed by atoms with van der Waals surface area (Å²) in [6.07, 6.45) is -0.938. The van der Waals surface area contributed by atoms with Crippen LogP contribution < -0.4 is 0 Å². The van der Waals surface area contributed by atoms with E-state index in [0.29, 0.717) is 0 Å². The summed E-state index contributed by atoms with van der Waals surface area (Å²) in [6.45, 7) is 0. The Morgan fingerprint density at radius 3 is 2.59 bits per heavy atom. The third kappa shape index (κ3) is 2.80. The smallest absolute Gasteiger partial charge is 0.193 e. The zero-order valence-electron chi connectivity index (χ0n) is 8.66. The van der Waals surface area contributed by atoms with Crippen molar-refractivity contribution in [2.45, 2.75) is 12.5 Å². The number of aliphatic hydroxyl groups is 1. The van der Waals surface area contributed by atoms with Gasteiger partial charge in [-0.2, -0.15) is 0 Å². The maximum Gasteiger partial charge on any atom is 0.193 e. The molecule has 0 radical (unpaired) electrons. The van der Waals surface area contributed by atoms with Crippen LogP contribution in [0.1, 0.15) is 17.4 Å². The molecule has 5 heteroatoms. The van der Waals surface area contributed by atoms with Crippen molar-refractivity contribution in [1.29, 1.82) is 0 Å². The number of benzene rings is 1. The van der Waals surface area contributed by atoms with Crippen molar-refractivity contribution >= 4 is 23.2 Å². The topological polar surface area (TPSA) is 33.4 Å². The minimum Gasteiger partial charge on any atom is -0.447 e. The molecule has 1 aromatic heterocycles. The van der Waals surface area contributed by atoms with E-state index in [9.17, 15) is 9.50 Å². The van der Waals surface area contributed by atoms with Gasteiger partial charge >= 0.3 is 0 Å². The molecule has 1 N–H and O–H groups in total. The minimum absolute atomic E-state index is 0.0371. The van der Waals surface area contributed by atoms with Crippen molar-refractivity contribution in [2.75, 3.05) is 0 Å². The average Bonchev–Trinajstić information content (AvgIpc) is 2.70. The van der Waals surface area contributed by atoms with E-state index in [2.05, 4.69) is 0 Å². The van der Waals surface area contributed by atoms with Crippen LogP contribution in [-0.4, -0.2) is 5.11 Å². The van der Waals surface area contributed by atoms with Crippen molar-refractivity contribution in [2.24, 2.45) is 0 Å². The first-order valence-electron chi connectivity index (χ1n) is 4.94. The van der Waals surface area contributed by atoms with E-state index >= 15 is 0 Å². The van der Waals surface area contributed by atoms with E-state index in [-0.39, 0.29) is 28.0 Å². The summed E-state index contributed by atoms with van der Waals surface area (Å²) >= 11 is 11.5. The van der Waals surface area contributed by atoms with Gasteiger partial charge in [-0.05, 0) is 35.9 Å². The molecule has 0 aliphatic rings. The van der Waals surface area contributed by atoms with Crippen LogP contribution in [0.4, 0.5) is 4.39 Å². The Morgan fingerprint density at radius 2 is 2.00 bits per heavy atom. The number of aliphatic hydroxyl groups excluding tert-OH is 1. The van der Waals surface area contributed by atoms with Gasteiger partial charge in [0.05, 0.1) is 0 Å². The van der Waals surface area contributed by atoms with Crippen LogP contribution >= 0.6 is 23.2 Å². The van der Waals surface area contributed by atoms with Gasteiger partial charge in [-0.15, -0.1) is 0 Å². The summed E-state index contributed by atoms with van der Waals surface area (Å²) in [4.78, 5) is 0. The molecule has 90 valence electrons. The first-order valence-corrected chi connectivity index (χ1v) is 5.69.